The topological polar surface area (TPSA) is 20.3 Å². The van der Waals surface area contributed by atoms with Gasteiger partial charge in [-0.15, -0.1) is 0 Å². The summed E-state index contributed by atoms with van der Waals surface area (Å²) < 4.78 is 12.9. The molecule has 0 bridgehead atoms. The van der Waals surface area contributed by atoms with E-state index >= 15 is 0 Å². The fraction of sp³-hybridized carbons (Fsp3) is 0.222. The van der Waals surface area contributed by atoms with Gasteiger partial charge in [-0.25, -0.2) is 4.39 Å². The van der Waals surface area contributed by atoms with Gasteiger partial charge in [0.15, 0.2) is 0 Å². The highest BCUT2D eigenvalue weighted by molar-refractivity contribution is 5.46. The van der Waals surface area contributed by atoms with Gasteiger partial charge in [0.2, 0.25) is 6.41 Å². The van der Waals surface area contributed by atoms with Gasteiger partial charge in [-0.2, -0.15) is 0 Å². The van der Waals surface area contributed by atoms with Crippen LogP contribution < -0.4 is 0 Å². The Balaban J connectivity index is 2.75. The van der Waals surface area contributed by atoms with E-state index in [0.717, 1.165) is 0 Å². The molecule has 3 heteroatoms. The Morgan fingerprint density at radius 3 is 2.75 bits per heavy atom. The zero-order valence-corrected chi connectivity index (χ0v) is 6.83. The molecule has 1 aromatic carbocycles. The van der Waals surface area contributed by atoms with Crippen LogP contribution in [-0.2, 0) is 11.3 Å². The fourth-order valence-corrected chi connectivity index (χ4v) is 0.933. The van der Waals surface area contributed by atoms with E-state index in [-0.39, 0.29) is 5.82 Å². The van der Waals surface area contributed by atoms with Gasteiger partial charge in [-0.1, -0.05) is 18.2 Å². The van der Waals surface area contributed by atoms with Gasteiger partial charge in [-0.05, 0) is 6.07 Å². The first-order chi connectivity index (χ1) is 5.74. The SMILES string of the molecule is CN(C=O)Cc1ccccc1F. The summed E-state index contributed by atoms with van der Waals surface area (Å²) in [6, 6.07) is 6.42. The molecule has 0 spiro atoms. The van der Waals surface area contributed by atoms with Crippen molar-refractivity contribution in [3.8, 4) is 0 Å². The molecular weight excluding hydrogens is 157 g/mol. The van der Waals surface area contributed by atoms with E-state index < -0.39 is 0 Å². The summed E-state index contributed by atoms with van der Waals surface area (Å²) in [6.07, 6.45) is 0.673. The first-order valence-corrected chi connectivity index (χ1v) is 3.63. The minimum absolute atomic E-state index is 0.272. The van der Waals surface area contributed by atoms with Crippen LogP contribution in [0.2, 0.25) is 0 Å². The van der Waals surface area contributed by atoms with E-state index in [1.807, 2.05) is 0 Å². The predicted molar refractivity (Wildman–Crippen MR) is 43.9 cm³/mol. The van der Waals surface area contributed by atoms with E-state index in [2.05, 4.69) is 0 Å². The molecule has 0 atom stereocenters. The first-order valence-electron chi connectivity index (χ1n) is 3.63. The van der Waals surface area contributed by atoms with Gasteiger partial charge in [0, 0.05) is 19.2 Å². The quantitative estimate of drug-likeness (QED) is 0.623. The highest BCUT2D eigenvalue weighted by atomic mass is 19.1. The molecule has 0 aliphatic rings. The number of halogens is 1. The van der Waals surface area contributed by atoms with Crippen LogP contribution in [0.1, 0.15) is 5.56 Å². The largest absolute Gasteiger partial charge is 0.344 e. The molecule has 0 fully saturated rings. The van der Waals surface area contributed by atoms with Crippen molar-refractivity contribution in [1.29, 1.82) is 0 Å². The minimum Gasteiger partial charge on any atom is -0.344 e. The lowest BCUT2D eigenvalue weighted by atomic mass is 10.2. The summed E-state index contributed by atoms with van der Waals surface area (Å²) in [5.74, 6) is -0.272. The van der Waals surface area contributed by atoms with Crippen LogP contribution in [0.4, 0.5) is 4.39 Å². The van der Waals surface area contributed by atoms with Gasteiger partial charge >= 0.3 is 0 Å². The third-order valence-electron chi connectivity index (χ3n) is 1.56. The molecule has 0 N–H and O–H groups in total. The number of benzene rings is 1. The Bertz CT molecular complexity index is 275. The molecule has 2 nitrogen and oxygen atoms in total. The van der Waals surface area contributed by atoms with Crippen molar-refractivity contribution in [2.75, 3.05) is 7.05 Å². The van der Waals surface area contributed by atoms with Crippen molar-refractivity contribution in [2.45, 2.75) is 6.54 Å². The smallest absolute Gasteiger partial charge is 0.209 e. The Labute approximate surface area is 70.6 Å². The number of carbonyl (C=O) groups excluding carboxylic acids is 1. The molecule has 0 heterocycles. The molecule has 0 saturated carbocycles. The standard InChI is InChI=1S/C9H10FNO/c1-11(7-12)6-8-4-2-3-5-9(8)10/h2-5,7H,6H2,1H3. The average Bonchev–Trinajstić information content (AvgIpc) is 2.09. The van der Waals surface area contributed by atoms with E-state index in [1.165, 1.54) is 11.0 Å². The number of rotatable bonds is 3. The Hall–Kier alpha value is -1.38. The second-order valence-corrected chi connectivity index (χ2v) is 2.61. The summed E-state index contributed by atoms with van der Waals surface area (Å²) >= 11 is 0. The predicted octanol–water partition coefficient (Wildman–Crippen LogP) is 1.41. The zero-order valence-electron chi connectivity index (χ0n) is 6.83. The van der Waals surface area contributed by atoms with Crippen molar-refractivity contribution in [3.05, 3.63) is 35.6 Å². The second-order valence-electron chi connectivity index (χ2n) is 2.61. The van der Waals surface area contributed by atoms with Crippen LogP contribution in [0, 0.1) is 5.82 Å². The molecule has 0 aliphatic carbocycles. The molecule has 1 rings (SSSR count). The summed E-state index contributed by atoms with van der Waals surface area (Å²) in [5.41, 5.74) is 0.534. The summed E-state index contributed by atoms with van der Waals surface area (Å²) in [4.78, 5) is 11.6. The molecule has 0 aliphatic heterocycles. The second kappa shape index (κ2) is 3.85. The van der Waals surface area contributed by atoms with E-state index in [4.69, 9.17) is 0 Å². The maximum Gasteiger partial charge on any atom is 0.209 e. The van der Waals surface area contributed by atoms with Crippen LogP contribution in [0.5, 0.6) is 0 Å². The van der Waals surface area contributed by atoms with Crippen LogP contribution in [0.25, 0.3) is 0 Å². The zero-order chi connectivity index (χ0) is 8.97. The van der Waals surface area contributed by atoms with Gasteiger partial charge in [0.05, 0.1) is 0 Å². The molecule has 1 aromatic rings. The van der Waals surface area contributed by atoms with Crippen LogP contribution in [-0.4, -0.2) is 18.4 Å². The highest BCUT2D eigenvalue weighted by Gasteiger charge is 2.01. The van der Waals surface area contributed by atoms with Gasteiger partial charge < -0.3 is 4.90 Å². The lowest BCUT2D eigenvalue weighted by molar-refractivity contribution is -0.117. The maximum absolute atomic E-state index is 12.9. The molecule has 0 unspecified atom stereocenters. The number of amides is 1. The van der Waals surface area contributed by atoms with Gasteiger partial charge in [-0.3, -0.25) is 4.79 Å². The third-order valence-corrected chi connectivity index (χ3v) is 1.56. The van der Waals surface area contributed by atoms with E-state index in [0.29, 0.717) is 18.5 Å². The average molecular weight is 167 g/mol. The van der Waals surface area contributed by atoms with Crippen LogP contribution in [0.3, 0.4) is 0 Å². The van der Waals surface area contributed by atoms with Crippen molar-refractivity contribution in [3.63, 3.8) is 0 Å². The Morgan fingerprint density at radius 2 is 2.17 bits per heavy atom. The molecule has 64 valence electrons. The monoisotopic (exact) mass is 167 g/mol. The molecule has 12 heavy (non-hydrogen) atoms. The van der Waals surface area contributed by atoms with Gasteiger partial charge in [0.1, 0.15) is 5.82 Å². The number of hydrogen-bond donors (Lipinski definition) is 0. The maximum atomic E-state index is 12.9. The lowest BCUT2D eigenvalue weighted by Gasteiger charge is -2.10. The summed E-state index contributed by atoms with van der Waals surface area (Å²) in [5, 5.41) is 0. The Morgan fingerprint density at radius 1 is 1.50 bits per heavy atom. The number of hydrogen-bond acceptors (Lipinski definition) is 1. The third kappa shape index (κ3) is 2.05. The van der Waals surface area contributed by atoms with Crippen LogP contribution >= 0.6 is 0 Å². The van der Waals surface area contributed by atoms with Crippen LogP contribution in [0.15, 0.2) is 24.3 Å². The Kier molecular flexibility index (Phi) is 2.80. The molecule has 1 amide bonds. The van der Waals surface area contributed by atoms with Crippen molar-refractivity contribution >= 4 is 6.41 Å². The molecule has 0 aromatic heterocycles. The van der Waals surface area contributed by atoms with Crippen molar-refractivity contribution in [2.24, 2.45) is 0 Å². The van der Waals surface area contributed by atoms with E-state index in [9.17, 15) is 9.18 Å². The number of nitrogens with zero attached hydrogens (tertiary/aromatic N) is 1. The lowest BCUT2D eigenvalue weighted by Crippen LogP contribution is -2.15. The van der Waals surface area contributed by atoms with Crippen molar-refractivity contribution < 1.29 is 9.18 Å². The van der Waals surface area contributed by atoms with Gasteiger partial charge in [0.25, 0.3) is 0 Å². The molecule has 0 radical (unpaired) electrons. The summed E-state index contributed by atoms with van der Waals surface area (Å²) in [6.45, 7) is 0.316. The van der Waals surface area contributed by atoms with E-state index in [1.54, 1.807) is 25.2 Å². The minimum atomic E-state index is -0.272. The first kappa shape index (κ1) is 8.71. The number of carbonyl (C=O) groups is 1. The summed E-state index contributed by atoms with van der Waals surface area (Å²) in [7, 11) is 1.61. The molecular formula is C9H10FNO. The fourth-order valence-electron chi connectivity index (χ4n) is 0.933. The van der Waals surface area contributed by atoms with Crippen molar-refractivity contribution in [1.82, 2.24) is 4.90 Å². The normalized spacial score (nSPS) is 9.50. The highest BCUT2D eigenvalue weighted by Crippen LogP contribution is 2.07. The molecule has 0 saturated heterocycles.